The number of alkyl halides is 1. The third kappa shape index (κ3) is 3.38. The summed E-state index contributed by atoms with van der Waals surface area (Å²) in [4.78, 5) is 0. The molecule has 2 rings (SSSR count). The van der Waals surface area contributed by atoms with E-state index in [0.29, 0.717) is 10.0 Å². The molecule has 0 N–H and O–H groups in total. The molecule has 0 aliphatic rings. The molecule has 0 amide bonds. The van der Waals surface area contributed by atoms with Crippen LogP contribution in [0.4, 0.5) is 8.78 Å². The van der Waals surface area contributed by atoms with Crippen LogP contribution in [0.2, 0.25) is 5.02 Å². The summed E-state index contributed by atoms with van der Waals surface area (Å²) < 4.78 is 33.4. The minimum atomic E-state index is -0.827. The van der Waals surface area contributed by atoms with Crippen LogP contribution in [0.5, 0.6) is 11.5 Å². The summed E-state index contributed by atoms with van der Waals surface area (Å²) in [5.41, 5.74) is 0.337. The van der Waals surface area contributed by atoms with Crippen molar-refractivity contribution < 1.29 is 13.5 Å². The average molecular weight is 368 g/mol. The van der Waals surface area contributed by atoms with E-state index >= 15 is 0 Å². The van der Waals surface area contributed by atoms with Gasteiger partial charge < -0.3 is 4.74 Å². The van der Waals surface area contributed by atoms with E-state index in [1.54, 1.807) is 12.1 Å². The Morgan fingerprint density at radius 2 is 1.74 bits per heavy atom. The Bertz CT molecular complexity index is 597. The van der Waals surface area contributed by atoms with Crippen LogP contribution < -0.4 is 4.74 Å². The van der Waals surface area contributed by atoms with Gasteiger partial charge in [-0.3, -0.25) is 0 Å². The Morgan fingerprint density at radius 3 is 2.32 bits per heavy atom. The van der Waals surface area contributed by atoms with Gasteiger partial charge in [-0.1, -0.05) is 27.5 Å². The van der Waals surface area contributed by atoms with Crippen molar-refractivity contribution in [3.8, 4) is 11.5 Å². The van der Waals surface area contributed by atoms with E-state index in [9.17, 15) is 8.78 Å². The van der Waals surface area contributed by atoms with Gasteiger partial charge in [-0.25, -0.2) is 8.78 Å². The first kappa shape index (κ1) is 14.6. The molecule has 1 nitrogen and oxygen atoms in total. The normalized spacial score (nSPS) is 10.6. The molecule has 0 atom stereocenters. The number of ether oxygens (including phenoxy) is 1. The van der Waals surface area contributed by atoms with Crippen LogP contribution >= 0.6 is 39.1 Å². The fraction of sp³-hybridized carbons (Fsp3) is 0.0769. The lowest BCUT2D eigenvalue weighted by molar-refractivity contribution is 0.407. The van der Waals surface area contributed by atoms with Gasteiger partial charge in [0, 0.05) is 10.4 Å². The molecule has 0 radical (unpaired) electrons. The van der Waals surface area contributed by atoms with Crippen LogP contribution in [-0.4, -0.2) is 0 Å². The van der Waals surface area contributed by atoms with E-state index in [0.717, 1.165) is 12.1 Å². The van der Waals surface area contributed by atoms with Gasteiger partial charge >= 0.3 is 0 Å². The summed E-state index contributed by atoms with van der Waals surface area (Å²) in [6.07, 6.45) is 0. The third-order valence-corrected chi connectivity index (χ3v) is 3.43. The fourth-order valence-electron chi connectivity index (χ4n) is 1.45. The average Bonchev–Trinajstić information content (AvgIpc) is 2.37. The van der Waals surface area contributed by atoms with E-state index in [1.807, 2.05) is 0 Å². The lowest BCUT2D eigenvalue weighted by atomic mass is 10.2. The molecule has 19 heavy (non-hydrogen) atoms. The summed E-state index contributed by atoms with van der Waals surface area (Å²) in [5.74, 6) is -1.98. The monoisotopic (exact) mass is 366 g/mol. The maximum atomic E-state index is 13.7. The molecule has 0 bridgehead atoms. The first-order valence-corrected chi connectivity index (χ1v) is 6.88. The predicted molar refractivity (Wildman–Crippen MR) is 75.1 cm³/mol. The Hall–Kier alpha value is -0.840. The van der Waals surface area contributed by atoms with Crippen LogP contribution in [-0.2, 0) is 5.88 Å². The molecular weight excluding hydrogens is 361 g/mol. The van der Waals surface area contributed by atoms with Gasteiger partial charge in [0.05, 0.1) is 5.02 Å². The highest BCUT2D eigenvalue weighted by Crippen LogP contribution is 2.35. The summed E-state index contributed by atoms with van der Waals surface area (Å²) in [6, 6.07) is 7.02. The highest BCUT2D eigenvalue weighted by Gasteiger charge is 2.15. The minimum Gasteiger partial charge on any atom is -0.450 e. The molecular formula is C13H7BrCl2F2O. The van der Waals surface area contributed by atoms with E-state index in [2.05, 4.69) is 15.9 Å². The third-order valence-electron chi connectivity index (χ3n) is 2.32. The number of hydrogen-bond donors (Lipinski definition) is 0. The van der Waals surface area contributed by atoms with Crippen LogP contribution in [0, 0.1) is 11.6 Å². The van der Waals surface area contributed by atoms with Crippen molar-refractivity contribution in [3.05, 3.63) is 57.0 Å². The summed E-state index contributed by atoms with van der Waals surface area (Å²) in [7, 11) is 0. The highest BCUT2D eigenvalue weighted by atomic mass is 79.9. The molecule has 0 aliphatic carbocycles. The van der Waals surface area contributed by atoms with Crippen molar-refractivity contribution in [2.75, 3.05) is 0 Å². The Labute approximate surface area is 127 Å². The van der Waals surface area contributed by atoms with Gasteiger partial charge in [-0.15, -0.1) is 11.6 Å². The van der Waals surface area contributed by atoms with Crippen molar-refractivity contribution >= 4 is 39.1 Å². The number of benzene rings is 2. The molecule has 0 unspecified atom stereocenters. The second-order valence-corrected chi connectivity index (χ2v) is 5.29. The standard InChI is InChI=1S/C13H7BrCl2F2O/c14-8-1-2-9(16)12(5-8)19-13-10(17)3-7(6-15)4-11(13)18/h1-5H,6H2. The summed E-state index contributed by atoms with van der Waals surface area (Å²) in [6.45, 7) is 0. The van der Waals surface area contributed by atoms with E-state index < -0.39 is 17.4 Å². The van der Waals surface area contributed by atoms with Gasteiger partial charge in [0.1, 0.15) is 5.75 Å². The second kappa shape index (κ2) is 6.07. The maximum absolute atomic E-state index is 13.7. The van der Waals surface area contributed by atoms with Crippen LogP contribution in [0.1, 0.15) is 5.56 Å². The zero-order chi connectivity index (χ0) is 14.0. The SMILES string of the molecule is Fc1cc(CCl)cc(F)c1Oc1cc(Br)ccc1Cl. The molecule has 0 saturated carbocycles. The molecule has 6 heteroatoms. The summed E-state index contributed by atoms with van der Waals surface area (Å²) in [5, 5.41) is 0.253. The topological polar surface area (TPSA) is 9.23 Å². The summed E-state index contributed by atoms with van der Waals surface area (Å²) >= 11 is 14.7. The highest BCUT2D eigenvalue weighted by molar-refractivity contribution is 9.10. The van der Waals surface area contributed by atoms with Crippen LogP contribution in [0.15, 0.2) is 34.8 Å². The molecule has 0 saturated heterocycles. The quantitative estimate of drug-likeness (QED) is 0.612. The van der Waals surface area contributed by atoms with E-state index in [4.69, 9.17) is 27.9 Å². The van der Waals surface area contributed by atoms with Crippen LogP contribution in [0.25, 0.3) is 0 Å². The number of hydrogen-bond acceptors (Lipinski definition) is 1. The molecule has 0 heterocycles. The van der Waals surface area contributed by atoms with Crippen molar-refractivity contribution in [2.24, 2.45) is 0 Å². The zero-order valence-corrected chi connectivity index (χ0v) is 12.5. The molecule has 0 aromatic heterocycles. The van der Waals surface area contributed by atoms with Crippen molar-refractivity contribution in [1.82, 2.24) is 0 Å². The maximum Gasteiger partial charge on any atom is 0.198 e. The Balaban J connectivity index is 2.41. The van der Waals surface area contributed by atoms with Crippen LogP contribution in [0.3, 0.4) is 0 Å². The Kier molecular flexibility index (Phi) is 4.66. The minimum absolute atomic E-state index is 0.0196. The molecule has 0 spiro atoms. The fourth-order valence-corrected chi connectivity index (χ4v) is 2.10. The first-order chi connectivity index (χ1) is 9.01. The first-order valence-electron chi connectivity index (χ1n) is 5.18. The smallest absolute Gasteiger partial charge is 0.198 e. The van der Waals surface area contributed by atoms with Gasteiger partial charge in [0.25, 0.3) is 0 Å². The predicted octanol–water partition coefficient (Wildman–Crippen LogP) is 5.91. The zero-order valence-electron chi connectivity index (χ0n) is 9.39. The largest absolute Gasteiger partial charge is 0.450 e. The van der Waals surface area contributed by atoms with Gasteiger partial charge in [-0.2, -0.15) is 0 Å². The Morgan fingerprint density at radius 1 is 1.11 bits per heavy atom. The molecule has 0 fully saturated rings. The number of rotatable bonds is 3. The van der Waals surface area contributed by atoms with Crippen molar-refractivity contribution in [1.29, 1.82) is 0 Å². The van der Waals surface area contributed by atoms with E-state index in [-0.39, 0.29) is 16.7 Å². The molecule has 0 aliphatic heterocycles. The number of halogens is 5. The van der Waals surface area contributed by atoms with Gasteiger partial charge in [0.2, 0.25) is 0 Å². The van der Waals surface area contributed by atoms with Crippen molar-refractivity contribution in [2.45, 2.75) is 5.88 Å². The lowest BCUT2D eigenvalue weighted by Crippen LogP contribution is -1.95. The second-order valence-electron chi connectivity index (χ2n) is 3.70. The molecule has 100 valence electrons. The van der Waals surface area contributed by atoms with Crippen molar-refractivity contribution in [3.63, 3.8) is 0 Å². The van der Waals surface area contributed by atoms with Gasteiger partial charge in [-0.05, 0) is 35.9 Å². The molecule has 2 aromatic carbocycles. The van der Waals surface area contributed by atoms with E-state index in [1.165, 1.54) is 6.07 Å². The molecule has 2 aromatic rings. The van der Waals surface area contributed by atoms with Gasteiger partial charge in [0.15, 0.2) is 17.4 Å². The lowest BCUT2D eigenvalue weighted by Gasteiger charge is -2.10.